The third-order valence-electron chi connectivity index (χ3n) is 3.78. The first-order valence-electron chi connectivity index (χ1n) is 7.31. The van der Waals surface area contributed by atoms with E-state index < -0.39 is 5.82 Å². The van der Waals surface area contributed by atoms with Crippen molar-refractivity contribution in [3.05, 3.63) is 48.0 Å². The van der Waals surface area contributed by atoms with Gasteiger partial charge in [-0.3, -0.25) is 5.10 Å². The predicted molar refractivity (Wildman–Crippen MR) is 93.5 cm³/mol. The first kappa shape index (κ1) is 15.5. The van der Waals surface area contributed by atoms with Gasteiger partial charge in [-0.1, -0.05) is 12.1 Å². The molecule has 0 aliphatic carbocycles. The minimum Gasteiger partial charge on any atom is -0.494 e. The number of hydrogen-bond acceptors (Lipinski definition) is 5. The first-order valence-corrected chi connectivity index (χ1v) is 8.12. The quantitative estimate of drug-likeness (QED) is 0.575. The van der Waals surface area contributed by atoms with Crippen LogP contribution in [0.4, 0.5) is 14.6 Å². The summed E-state index contributed by atoms with van der Waals surface area (Å²) in [5.41, 5.74) is 8.20. The summed E-state index contributed by atoms with van der Waals surface area (Å²) in [6.45, 7) is 0. The smallest absolute Gasteiger partial charge is 0.167 e. The highest BCUT2D eigenvalue weighted by Crippen LogP contribution is 2.40. The molecule has 3 N–H and O–H groups in total. The SMILES string of the molecule is COc1cc2sc(-c3c(N)n[nH]c3-c3cccc(F)c3)nc2cc1F. The second-order valence-corrected chi connectivity index (χ2v) is 6.37. The molecule has 4 aromatic rings. The molecular formula is C17H12F2N4OS. The summed E-state index contributed by atoms with van der Waals surface area (Å²) in [7, 11) is 1.41. The fourth-order valence-electron chi connectivity index (χ4n) is 2.62. The van der Waals surface area contributed by atoms with E-state index in [2.05, 4.69) is 15.2 Å². The Hall–Kier alpha value is -3.00. The van der Waals surface area contributed by atoms with Crippen LogP contribution in [0.25, 0.3) is 32.0 Å². The molecule has 0 fully saturated rings. The van der Waals surface area contributed by atoms with Gasteiger partial charge in [0.05, 0.1) is 28.6 Å². The van der Waals surface area contributed by atoms with E-state index in [0.717, 1.165) is 4.70 Å². The normalized spacial score (nSPS) is 11.2. The molecule has 0 saturated carbocycles. The van der Waals surface area contributed by atoms with Crippen LogP contribution in [-0.4, -0.2) is 22.3 Å². The van der Waals surface area contributed by atoms with Crippen LogP contribution >= 0.6 is 11.3 Å². The van der Waals surface area contributed by atoms with Gasteiger partial charge in [-0.25, -0.2) is 13.8 Å². The Morgan fingerprint density at radius 3 is 2.80 bits per heavy atom. The van der Waals surface area contributed by atoms with Gasteiger partial charge >= 0.3 is 0 Å². The van der Waals surface area contributed by atoms with Crippen molar-refractivity contribution in [3.63, 3.8) is 0 Å². The molecule has 0 saturated heterocycles. The van der Waals surface area contributed by atoms with Gasteiger partial charge in [0.15, 0.2) is 17.4 Å². The topological polar surface area (TPSA) is 76.8 Å². The summed E-state index contributed by atoms with van der Waals surface area (Å²) in [5.74, 6) is -0.468. The number of benzene rings is 2. The fraction of sp³-hybridized carbons (Fsp3) is 0.0588. The number of methoxy groups -OCH3 is 1. The molecule has 2 aromatic carbocycles. The lowest BCUT2D eigenvalue weighted by Crippen LogP contribution is -1.89. The maximum absolute atomic E-state index is 13.9. The zero-order chi connectivity index (χ0) is 17.6. The number of rotatable bonds is 3. The van der Waals surface area contributed by atoms with E-state index in [1.807, 2.05) is 0 Å². The number of nitrogen functional groups attached to an aromatic ring is 1. The summed E-state index contributed by atoms with van der Waals surface area (Å²) >= 11 is 1.33. The van der Waals surface area contributed by atoms with Gasteiger partial charge in [0.25, 0.3) is 0 Å². The Bertz CT molecular complexity index is 1090. The van der Waals surface area contributed by atoms with Crippen molar-refractivity contribution in [2.45, 2.75) is 0 Å². The summed E-state index contributed by atoms with van der Waals surface area (Å²) in [6, 6.07) is 8.98. The van der Waals surface area contributed by atoms with Crippen molar-refractivity contribution < 1.29 is 13.5 Å². The summed E-state index contributed by atoms with van der Waals surface area (Å²) in [6.07, 6.45) is 0. The maximum Gasteiger partial charge on any atom is 0.167 e. The average Bonchev–Trinajstić information content (AvgIpc) is 3.16. The van der Waals surface area contributed by atoms with Crippen LogP contribution in [-0.2, 0) is 0 Å². The van der Waals surface area contributed by atoms with Crippen molar-refractivity contribution in [2.24, 2.45) is 0 Å². The Balaban J connectivity index is 1.90. The lowest BCUT2D eigenvalue weighted by atomic mass is 10.1. The average molecular weight is 358 g/mol. The molecule has 0 radical (unpaired) electrons. The van der Waals surface area contributed by atoms with E-state index in [1.165, 1.54) is 36.6 Å². The molecule has 5 nitrogen and oxygen atoms in total. The third-order valence-corrected chi connectivity index (χ3v) is 4.82. The third kappa shape index (κ3) is 2.60. The second kappa shape index (κ2) is 5.82. The number of H-pyrrole nitrogens is 1. The van der Waals surface area contributed by atoms with E-state index in [1.54, 1.807) is 18.2 Å². The fourth-order valence-corrected chi connectivity index (χ4v) is 3.65. The number of nitrogens with one attached hydrogen (secondary N) is 1. The van der Waals surface area contributed by atoms with Gasteiger partial charge in [-0.05, 0) is 12.1 Å². The molecule has 126 valence electrons. The highest BCUT2D eigenvalue weighted by molar-refractivity contribution is 7.21. The summed E-state index contributed by atoms with van der Waals surface area (Å²) in [5, 5.41) is 7.40. The maximum atomic E-state index is 13.9. The van der Waals surface area contributed by atoms with Crippen LogP contribution in [0.15, 0.2) is 36.4 Å². The summed E-state index contributed by atoms with van der Waals surface area (Å²) in [4.78, 5) is 4.45. The van der Waals surface area contributed by atoms with E-state index in [0.29, 0.717) is 27.3 Å². The minimum absolute atomic E-state index is 0.146. The number of ether oxygens (including phenoxy) is 1. The van der Waals surface area contributed by atoms with Crippen molar-refractivity contribution in [3.8, 4) is 27.6 Å². The molecule has 0 bridgehead atoms. The Morgan fingerprint density at radius 2 is 2.04 bits per heavy atom. The number of halogens is 2. The van der Waals surface area contributed by atoms with Crippen LogP contribution in [0.2, 0.25) is 0 Å². The first-order chi connectivity index (χ1) is 12.1. The number of thiazole rings is 1. The van der Waals surface area contributed by atoms with E-state index in [9.17, 15) is 8.78 Å². The van der Waals surface area contributed by atoms with Crippen LogP contribution < -0.4 is 10.5 Å². The molecule has 8 heteroatoms. The number of aromatic nitrogens is 3. The molecular weight excluding hydrogens is 346 g/mol. The Labute approximate surface area is 145 Å². The number of fused-ring (bicyclic) bond motifs is 1. The van der Waals surface area contributed by atoms with Crippen LogP contribution in [0.1, 0.15) is 0 Å². The van der Waals surface area contributed by atoms with Crippen LogP contribution in [0.3, 0.4) is 0 Å². The number of nitrogens with two attached hydrogens (primary N) is 1. The molecule has 0 atom stereocenters. The van der Waals surface area contributed by atoms with Crippen molar-refractivity contribution >= 4 is 27.4 Å². The monoisotopic (exact) mass is 358 g/mol. The van der Waals surface area contributed by atoms with Crippen LogP contribution in [0, 0.1) is 11.6 Å². The van der Waals surface area contributed by atoms with E-state index >= 15 is 0 Å². The highest BCUT2D eigenvalue weighted by atomic mass is 32.1. The zero-order valence-corrected chi connectivity index (χ0v) is 13.8. The molecule has 0 aliphatic heterocycles. The Kier molecular flexibility index (Phi) is 3.61. The number of nitrogens with zero attached hydrogens (tertiary/aromatic N) is 2. The molecule has 0 unspecified atom stereocenters. The lowest BCUT2D eigenvalue weighted by Gasteiger charge is -2.01. The Morgan fingerprint density at radius 1 is 1.20 bits per heavy atom. The summed E-state index contributed by atoms with van der Waals surface area (Å²) < 4.78 is 33.2. The van der Waals surface area contributed by atoms with Crippen molar-refractivity contribution in [1.29, 1.82) is 0 Å². The standard InChI is InChI=1S/C17H12F2N4OS/c1-24-12-7-13-11(6-10(12)19)21-17(25-13)14-15(22-23-16(14)20)8-3-2-4-9(18)5-8/h2-7H,1H3,(H3,20,22,23). The van der Waals surface area contributed by atoms with Gasteiger partial charge in [0.1, 0.15) is 10.8 Å². The lowest BCUT2D eigenvalue weighted by molar-refractivity contribution is 0.387. The molecule has 2 aromatic heterocycles. The number of hydrogen-bond donors (Lipinski definition) is 2. The predicted octanol–water partition coefficient (Wildman–Crippen LogP) is 4.22. The van der Waals surface area contributed by atoms with Gasteiger partial charge in [0, 0.05) is 17.7 Å². The highest BCUT2D eigenvalue weighted by Gasteiger charge is 2.20. The molecule has 0 amide bonds. The van der Waals surface area contributed by atoms with Gasteiger partial charge in [0.2, 0.25) is 0 Å². The van der Waals surface area contributed by atoms with Gasteiger partial charge in [-0.2, -0.15) is 5.10 Å². The van der Waals surface area contributed by atoms with Crippen LogP contribution in [0.5, 0.6) is 5.75 Å². The number of anilines is 1. The molecule has 25 heavy (non-hydrogen) atoms. The molecule has 0 aliphatic rings. The van der Waals surface area contributed by atoms with Crippen molar-refractivity contribution in [1.82, 2.24) is 15.2 Å². The second-order valence-electron chi connectivity index (χ2n) is 5.34. The van der Waals surface area contributed by atoms with Gasteiger partial charge in [-0.15, -0.1) is 11.3 Å². The van der Waals surface area contributed by atoms with Crippen molar-refractivity contribution in [2.75, 3.05) is 12.8 Å². The minimum atomic E-state index is -0.489. The molecule has 4 rings (SSSR count). The zero-order valence-electron chi connectivity index (χ0n) is 13.0. The molecule has 0 spiro atoms. The molecule has 2 heterocycles. The van der Waals surface area contributed by atoms with E-state index in [-0.39, 0.29) is 17.4 Å². The largest absolute Gasteiger partial charge is 0.494 e. The number of aromatic amines is 1. The van der Waals surface area contributed by atoms with E-state index in [4.69, 9.17) is 10.5 Å². The van der Waals surface area contributed by atoms with Gasteiger partial charge < -0.3 is 10.5 Å².